The third-order valence-corrected chi connectivity index (χ3v) is 10.3. The molecule has 0 bridgehead atoms. The number of ether oxygens (including phenoxy) is 2. The summed E-state index contributed by atoms with van der Waals surface area (Å²) in [5, 5.41) is 18.1. The Hall–Kier alpha value is -6.90. The van der Waals surface area contributed by atoms with Crippen molar-refractivity contribution in [3.05, 3.63) is 180 Å². The molecule has 0 aliphatic rings. The number of Topliss-reactive ketones (excluding diaryl/α,β-unsaturated/α-hetero) is 2. The number of hydrogen-bond acceptors (Lipinski definition) is 10. The minimum Gasteiger partial charge on any atom is -0.445 e. The van der Waals surface area contributed by atoms with Crippen LogP contribution in [-0.2, 0) is 51.5 Å². The van der Waals surface area contributed by atoms with Gasteiger partial charge in [-0.1, -0.05) is 121 Å². The molecule has 0 aliphatic carbocycles. The van der Waals surface area contributed by atoms with Crippen molar-refractivity contribution in [1.29, 1.82) is 0 Å². The summed E-state index contributed by atoms with van der Waals surface area (Å²) < 4.78 is 11.0. The molecule has 7 N–H and O–H groups in total. The second-order valence-corrected chi connectivity index (χ2v) is 14.6. The first-order chi connectivity index (χ1) is 29.1. The molecule has 0 fully saturated rings. The number of rotatable bonds is 20. The van der Waals surface area contributed by atoms with Gasteiger partial charge in [-0.3, -0.25) is 9.59 Å². The zero-order chi connectivity index (χ0) is 42.3. The molecular weight excluding hydrogens is 763 g/mol. The van der Waals surface area contributed by atoms with Gasteiger partial charge >= 0.3 is 12.2 Å². The predicted molar refractivity (Wildman–Crippen MR) is 223 cm³/mol. The number of nitrogens with zero attached hydrogens (tertiary/aromatic N) is 2. The van der Waals surface area contributed by atoms with Crippen LogP contribution in [0.25, 0.3) is 0 Å². The molecular formula is C46H49N7O7. The fourth-order valence-corrected chi connectivity index (χ4v) is 7.03. The van der Waals surface area contributed by atoms with Crippen molar-refractivity contribution in [2.75, 3.05) is 0 Å². The molecule has 14 heteroatoms. The van der Waals surface area contributed by atoms with Gasteiger partial charge in [-0.15, -0.1) is 0 Å². The highest BCUT2D eigenvalue weighted by Crippen LogP contribution is 2.32. The molecule has 0 saturated heterocycles. The Morgan fingerprint density at radius 3 is 1.57 bits per heavy atom. The zero-order valence-electron chi connectivity index (χ0n) is 33.1. The summed E-state index contributed by atoms with van der Waals surface area (Å²) in [4.78, 5) is 71.2. The van der Waals surface area contributed by atoms with Gasteiger partial charge in [-0.25, -0.2) is 19.6 Å². The van der Waals surface area contributed by atoms with E-state index in [0.717, 1.165) is 16.7 Å². The number of alkyl carbamates (subject to hydrolysis) is 2. The van der Waals surface area contributed by atoms with E-state index in [9.17, 15) is 14.7 Å². The van der Waals surface area contributed by atoms with E-state index in [-0.39, 0.29) is 32.5 Å². The highest BCUT2D eigenvalue weighted by Gasteiger charge is 2.45. The maximum absolute atomic E-state index is 15.1. The quantitative estimate of drug-likeness (QED) is 0.0570. The van der Waals surface area contributed by atoms with E-state index in [2.05, 4.69) is 30.6 Å². The monoisotopic (exact) mass is 811 g/mol. The number of aliphatic hydroxyl groups is 1. The number of aromatic amines is 2. The van der Waals surface area contributed by atoms with E-state index < -0.39 is 59.8 Å². The number of aryl methyl sites for hydroxylation is 1. The van der Waals surface area contributed by atoms with Crippen molar-refractivity contribution in [3.8, 4) is 0 Å². The SMILES string of the molecule is Cc1ccc(C[C@H](C(=O)[C@H](Cc2c[nH]cn2)NC(=O)OCc2ccccc2)[C@@H](O)[C@@H](C(=O)[C@H](Cc2c[nH]cn2)NC(=O)OCc2ccccc2)C(N)c2ccccc2)cc1. The number of aromatic nitrogens is 4. The van der Waals surface area contributed by atoms with Crippen LogP contribution in [0.4, 0.5) is 9.59 Å². The lowest BCUT2D eigenvalue weighted by molar-refractivity contribution is -0.136. The summed E-state index contributed by atoms with van der Waals surface area (Å²) in [7, 11) is 0. The van der Waals surface area contributed by atoms with Gasteiger partial charge in [0, 0.05) is 31.3 Å². The van der Waals surface area contributed by atoms with Gasteiger partial charge in [0.1, 0.15) is 13.2 Å². The van der Waals surface area contributed by atoms with Crippen molar-refractivity contribution < 1.29 is 33.8 Å². The number of H-pyrrole nitrogens is 2. The van der Waals surface area contributed by atoms with Crippen molar-refractivity contribution in [2.45, 2.75) is 63.6 Å². The zero-order valence-corrected chi connectivity index (χ0v) is 33.1. The Labute approximate surface area is 348 Å². The maximum atomic E-state index is 15.1. The number of carbonyl (C=O) groups is 4. The molecule has 14 nitrogen and oxygen atoms in total. The number of aliphatic hydroxyl groups excluding tert-OH is 1. The number of carbonyl (C=O) groups excluding carboxylic acids is 4. The number of ketones is 2. The summed E-state index contributed by atoms with van der Waals surface area (Å²) in [5.41, 5.74) is 11.5. The van der Waals surface area contributed by atoms with E-state index in [1.807, 2.05) is 67.6 Å². The van der Waals surface area contributed by atoms with Gasteiger partial charge in [0.25, 0.3) is 0 Å². The highest BCUT2D eigenvalue weighted by atomic mass is 16.6. The fraction of sp³-hybridized carbons (Fsp3) is 0.261. The Morgan fingerprint density at radius 1 is 0.633 bits per heavy atom. The molecule has 2 amide bonds. The smallest absolute Gasteiger partial charge is 0.408 e. The number of benzene rings is 4. The van der Waals surface area contributed by atoms with Crippen LogP contribution in [0.2, 0.25) is 0 Å². The van der Waals surface area contributed by atoms with E-state index in [1.54, 1.807) is 67.0 Å². The van der Waals surface area contributed by atoms with Crippen molar-refractivity contribution in [2.24, 2.45) is 17.6 Å². The summed E-state index contributed by atoms with van der Waals surface area (Å²) in [6, 6.07) is 30.6. The van der Waals surface area contributed by atoms with Gasteiger partial charge in [0.05, 0.1) is 54.1 Å². The van der Waals surface area contributed by atoms with Crippen LogP contribution in [-0.4, -0.2) is 67.0 Å². The summed E-state index contributed by atoms with van der Waals surface area (Å²) in [6.45, 7) is 1.82. The van der Waals surface area contributed by atoms with Gasteiger partial charge < -0.3 is 40.9 Å². The van der Waals surface area contributed by atoms with Crippen LogP contribution in [0.1, 0.15) is 45.2 Å². The molecule has 4 aromatic carbocycles. The molecule has 0 radical (unpaired) electrons. The number of hydrogen-bond donors (Lipinski definition) is 6. The molecule has 0 aliphatic heterocycles. The lowest BCUT2D eigenvalue weighted by Gasteiger charge is -2.35. The van der Waals surface area contributed by atoms with Crippen LogP contribution < -0.4 is 16.4 Å². The molecule has 6 atom stereocenters. The molecule has 6 aromatic rings. The average molecular weight is 812 g/mol. The van der Waals surface area contributed by atoms with E-state index >= 15 is 9.59 Å². The molecule has 0 saturated carbocycles. The van der Waals surface area contributed by atoms with Crippen LogP contribution in [0.15, 0.2) is 140 Å². The molecule has 0 spiro atoms. The highest BCUT2D eigenvalue weighted by molar-refractivity contribution is 5.93. The van der Waals surface area contributed by atoms with Gasteiger partial charge in [-0.2, -0.15) is 0 Å². The minimum atomic E-state index is -1.74. The number of nitrogens with one attached hydrogen (secondary N) is 4. The Bertz CT molecular complexity index is 2240. The molecule has 6 rings (SSSR count). The number of amides is 2. The lowest BCUT2D eigenvalue weighted by atomic mass is 9.74. The summed E-state index contributed by atoms with van der Waals surface area (Å²) >= 11 is 0. The first kappa shape index (κ1) is 42.7. The van der Waals surface area contributed by atoms with E-state index in [0.29, 0.717) is 22.5 Å². The van der Waals surface area contributed by atoms with Gasteiger partial charge in [0.15, 0.2) is 11.6 Å². The van der Waals surface area contributed by atoms with Crippen LogP contribution in [0, 0.1) is 18.8 Å². The molecule has 2 heterocycles. The minimum absolute atomic E-state index is 0.0278. The van der Waals surface area contributed by atoms with Crippen molar-refractivity contribution in [1.82, 2.24) is 30.6 Å². The Balaban J connectivity index is 1.36. The van der Waals surface area contributed by atoms with Crippen LogP contribution in [0.3, 0.4) is 0 Å². The molecule has 60 heavy (non-hydrogen) atoms. The standard InChI is InChI=1S/C46H49N7O7/c1-30-17-19-31(20-18-30)21-37(42(54)38(22-35-24-48-28-50-35)52-45(57)59-26-32-11-5-2-6-12-32)43(55)40(41(47)34-15-9-4-10-16-34)44(56)39(23-36-25-49-29-51-36)53-46(58)60-27-33-13-7-3-8-14-33/h2-20,24-25,28-29,37-41,43,55H,21-23,26-27,47H2,1H3,(H,48,50)(H,49,51)(H,52,57)(H,53,58)/t37-,38+,39+,40+,41?,43-/m1/s1. The van der Waals surface area contributed by atoms with E-state index in [1.165, 1.54) is 12.7 Å². The first-order valence-corrected chi connectivity index (χ1v) is 19.7. The summed E-state index contributed by atoms with van der Waals surface area (Å²) in [6.07, 6.45) is 2.44. The predicted octanol–water partition coefficient (Wildman–Crippen LogP) is 5.49. The van der Waals surface area contributed by atoms with Crippen LogP contribution >= 0.6 is 0 Å². The largest absolute Gasteiger partial charge is 0.445 e. The third-order valence-electron chi connectivity index (χ3n) is 10.3. The molecule has 2 aromatic heterocycles. The molecule has 310 valence electrons. The first-order valence-electron chi connectivity index (χ1n) is 19.7. The maximum Gasteiger partial charge on any atom is 0.408 e. The van der Waals surface area contributed by atoms with Crippen molar-refractivity contribution >= 4 is 23.8 Å². The Kier molecular flexibility index (Phi) is 15.1. The van der Waals surface area contributed by atoms with Gasteiger partial charge in [-0.05, 0) is 35.6 Å². The van der Waals surface area contributed by atoms with Crippen molar-refractivity contribution in [3.63, 3.8) is 0 Å². The Morgan fingerprint density at radius 2 is 1.10 bits per heavy atom. The second kappa shape index (κ2) is 21.2. The third kappa shape index (κ3) is 12.1. The lowest BCUT2D eigenvalue weighted by Crippen LogP contribution is -2.55. The average Bonchev–Trinajstić information content (AvgIpc) is 4.00. The molecule has 1 unspecified atom stereocenters. The van der Waals surface area contributed by atoms with Crippen LogP contribution in [0.5, 0.6) is 0 Å². The number of imidazole rings is 2. The summed E-state index contributed by atoms with van der Waals surface area (Å²) in [5.74, 6) is -4.02. The fourth-order valence-electron chi connectivity index (χ4n) is 7.03. The normalized spacial score (nSPS) is 14.1. The number of nitrogens with two attached hydrogens (primary N) is 1. The topological polar surface area (TPSA) is 214 Å². The second-order valence-electron chi connectivity index (χ2n) is 14.6. The van der Waals surface area contributed by atoms with Gasteiger partial charge in [0.2, 0.25) is 0 Å². The van der Waals surface area contributed by atoms with E-state index in [4.69, 9.17) is 15.2 Å².